The van der Waals surface area contributed by atoms with E-state index >= 15 is 0 Å². The maximum Gasteiger partial charge on any atom is 0.115 e. The highest BCUT2D eigenvalue weighted by Gasteiger charge is 2.60. The molecule has 5 rings (SSSR count). The van der Waals surface area contributed by atoms with Crippen LogP contribution in [-0.2, 0) is 6.42 Å². The first-order valence-corrected chi connectivity index (χ1v) is 11.4. The van der Waals surface area contributed by atoms with Crippen molar-refractivity contribution in [2.75, 3.05) is 0 Å². The largest absolute Gasteiger partial charge is 0.508 e. The molecular weight excluding hydrogens is 356 g/mol. The van der Waals surface area contributed by atoms with Gasteiger partial charge in [0.25, 0.3) is 0 Å². The van der Waals surface area contributed by atoms with Crippen LogP contribution in [-0.4, -0.2) is 16.3 Å². The molecule has 0 aromatic heterocycles. The Labute approximate surface area is 175 Å². The minimum absolute atomic E-state index is 0.179. The number of aliphatic hydroxyl groups excluding tert-OH is 1. The molecule has 0 radical (unpaired) electrons. The normalized spacial score (nSPS) is 38.4. The van der Waals surface area contributed by atoms with Crippen molar-refractivity contribution in [3.8, 4) is 5.75 Å². The molecule has 0 bridgehead atoms. The fourth-order valence-corrected chi connectivity index (χ4v) is 7.67. The summed E-state index contributed by atoms with van der Waals surface area (Å²) in [5, 5.41) is 21.2. The van der Waals surface area contributed by atoms with Gasteiger partial charge in [-0.25, -0.2) is 0 Å². The first-order chi connectivity index (χ1) is 13.9. The molecule has 2 heteroatoms. The molecule has 2 N–H and O–H groups in total. The van der Waals surface area contributed by atoms with Gasteiger partial charge in [-0.3, -0.25) is 0 Å². The minimum atomic E-state index is -0.179. The number of rotatable bonds is 2. The molecule has 29 heavy (non-hydrogen) atoms. The van der Waals surface area contributed by atoms with Crippen molar-refractivity contribution < 1.29 is 10.2 Å². The Morgan fingerprint density at radius 2 is 1.79 bits per heavy atom. The summed E-state index contributed by atoms with van der Waals surface area (Å²) in [6, 6.07) is 17.1. The summed E-state index contributed by atoms with van der Waals surface area (Å²) in [4.78, 5) is 0. The fraction of sp³-hybridized carbons (Fsp3) is 0.556. The lowest BCUT2D eigenvalue weighted by molar-refractivity contribution is 0.00210. The van der Waals surface area contributed by atoms with E-state index in [0.29, 0.717) is 41.3 Å². The number of benzene rings is 2. The third kappa shape index (κ3) is 2.94. The molecule has 0 saturated heterocycles. The van der Waals surface area contributed by atoms with Crippen LogP contribution in [0.3, 0.4) is 0 Å². The highest BCUT2D eigenvalue weighted by molar-refractivity contribution is 5.43. The van der Waals surface area contributed by atoms with E-state index in [0.717, 1.165) is 12.8 Å². The Hall–Kier alpha value is -1.80. The quantitative estimate of drug-likeness (QED) is 0.672. The molecule has 2 fully saturated rings. The number of hydrogen-bond donors (Lipinski definition) is 2. The zero-order valence-electron chi connectivity index (χ0n) is 17.9. The number of aliphatic hydroxyl groups is 1. The first-order valence-electron chi connectivity index (χ1n) is 11.4. The van der Waals surface area contributed by atoms with Gasteiger partial charge in [-0.1, -0.05) is 57.2 Å². The summed E-state index contributed by atoms with van der Waals surface area (Å²) >= 11 is 0. The van der Waals surface area contributed by atoms with E-state index in [4.69, 9.17) is 0 Å². The fourth-order valence-electron chi connectivity index (χ4n) is 7.67. The summed E-state index contributed by atoms with van der Waals surface area (Å²) in [5.41, 5.74) is 4.43. The van der Waals surface area contributed by atoms with Crippen LogP contribution in [0.5, 0.6) is 5.75 Å². The van der Waals surface area contributed by atoms with Gasteiger partial charge in [0.05, 0.1) is 6.10 Å². The second-order valence-electron chi connectivity index (χ2n) is 10.6. The maximum atomic E-state index is 11.1. The van der Waals surface area contributed by atoms with Gasteiger partial charge in [0.2, 0.25) is 0 Å². The molecule has 0 heterocycles. The van der Waals surface area contributed by atoms with Gasteiger partial charge < -0.3 is 10.2 Å². The van der Waals surface area contributed by atoms with Gasteiger partial charge in [0.1, 0.15) is 5.75 Å². The van der Waals surface area contributed by atoms with Gasteiger partial charge in [-0.2, -0.15) is 0 Å². The van der Waals surface area contributed by atoms with Gasteiger partial charge in [0.15, 0.2) is 0 Å². The van der Waals surface area contributed by atoms with E-state index in [9.17, 15) is 10.2 Å². The van der Waals surface area contributed by atoms with Crippen LogP contribution >= 0.6 is 0 Å². The topological polar surface area (TPSA) is 40.5 Å². The van der Waals surface area contributed by atoms with Crippen LogP contribution < -0.4 is 0 Å². The van der Waals surface area contributed by atoms with Crippen molar-refractivity contribution >= 4 is 0 Å². The molecule has 0 unspecified atom stereocenters. The predicted octanol–water partition coefficient (Wildman–Crippen LogP) is 5.89. The van der Waals surface area contributed by atoms with Crippen LogP contribution in [0.2, 0.25) is 0 Å². The predicted molar refractivity (Wildman–Crippen MR) is 117 cm³/mol. The molecule has 2 nitrogen and oxygen atoms in total. The Morgan fingerprint density at radius 3 is 2.52 bits per heavy atom. The lowest BCUT2D eigenvalue weighted by Gasteiger charge is -2.54. The Morgan fingerprint density at radius 1 is 1.03 bits per heavy atom. The van der Waals surface area contributed by atoms with E-state index in [-0.39, 0.29) is 11.5 Å². The third-order valence-electron chi connectivity index (χ3n) is 8.67. The smallest absolute Gasteiger partial charge is 0.115 e. The van der Waals surface area contributed by atoms with Crippen LogP contribution in [0.1, 0.15) is 68.6 Å². The Kier molecular flexibility index (Phi) is 4.55. The van der Waals surface area contributed by atoms with Crippen molar-refractivity contribution in [2.45, 2.75) is 64.4 Å². The Bertz CT molecular complexity index is 889. The highest BCUT2D eigenvalue weighted by Crippen LogP contribution is 2.66. The van der Waals surface area contributed by atoms with E-state index < -0.39 is 0 Å². The molecule has 2 aromatic carbocycles. The van der Waals surface area contributed by atoms with Crippen molar-refractivity contribution in [1.29, 1.82) is 0 Å². The van der Waals surface area contributed by atoms with Gasteiger partial charge in [-0.15, -0.1) is 0 Å². The monoisotopic (exact) mass is 390 g/mol. The number of aromatic hydroxyl groups is 1. The summed E-state index contributed by atoms with van der Waals surface area (Å²) in [7, 11) is 0. The van der Waals surface area contributed by atoms with E-state index in [2.05, 4.69) is 57.2 Å². The summed E-state index contributed by atoms with van der Waals surface area (Å²) in [6.07, 6.45) is 4.15. The molecule has 7 atom stereocenters. The van der Waals surface area contributed by atoms with Crippen LogP contribution in [0.4, 0.5) is 0 Å². The lowest BCUT2D eigenvalue weighted by atomic mass is 9.50. The molecule has 0 amide bonds. The standard InChI is InChI=1S/C27H34O2/c1-16(2)24-23(29)15-27(3)12-11-21-20-10-9-19(28)13-18(20)14-22(25(21)26(24)27)17-7-5-4-6-8-17/h4-10,13,16,21-26,28-29H,11-12,14-15H2,1-3H3/t21-,22+,23-,24+,25+,26+,27-/m1/s1. The molecule has 0 aliphatic heterocycles. The highest BCUT2D eigenvalue weighted by atomic mass is 16.3. The molecule has 154 valence electrons. The first kappa shape index (κ1) is 19.2. The maximum absolute atomic E-state index is 11.1. The number of fused-ring (bicyclic) bond motifs is 5. The van der Waals surface area contributed by atoms with Crippen LogP contribution in [0.25, 0.3) is 0 Å². The minimum Gasteiger partial charge on any atom is -0.508 e. The summed E-state index contributed by atoms with van der Waals surface area (Å²) < 4.78 is 0. The summed E-state index contributed by atoms with van der Waals surface area (Å²) in [6.45, 7) is 7.05. The van der Waals surface area contributed by atoms with Crippen molar-refractivity contribution in [1.82, 2.24) is 0 Å². The average Bonchev–Trinajstić information content (AvgIpc) is 2.97. The number of phenols is 1. The Balaban J connectivity index is 1.67. The van der Waals surface area contributed by atoms with Crippen molar-refractivity contribution in [2.24, 2.45) is 29.1 Å². The number of phenolic OH excluding ortho intramolecular Hbond substituents is 1. The van der Waals surface area contributed by atoms with Crippen molar-refractivity contribution in [3.05, 3.63) is 65.2 Å². The zero-order valence-corrected chi connectivity index (χ0v) is 17.9. The second-order valence-corrected chi connectivity index (χ2v) is 10.6. The zero-order chi connectivity index (χ0) is 20.3. The molecule has 0 spiro atoms. The molecule has 3 aliphatic carbocycles. The molecule has 2 aromatic rings. The van der Waals surface area contributed by atoms with Gasteiger partial charge in [0, 0.05) is 0 Å². The molecular formula is C27H34O2. The SMILES string of the molecule is CC(C)[C@@H]1[C@H]2[C@H]3[C@H](CC[C@]2(C)C[C@H]1O)c1ccc(O)cc1C[C@H]3c1ccccc1. The second kappa shape index (κ2) is 6.87. The van der Waals surface area contributed by atoms with Crippen molar-refractivity contribution in [3.63, 3.8) is 0 Å². The molecule has 2 saturated carbocycles. The molecule has 3 aliphatic rings. The van der Waals surface area contributed by atoms with E-state index in [1.165, 1.54) is 29.5 Å². The van der Waals surface area contributed by atoms with Gasteiger partial charge >= 0.3 is 0 Å². The van der Waals surface area contributed by atoms with Gasteiger partial charge in [-0.05, 0) is 95.4 Å². The van der Waals surface area contributed by atoms with Crippen LogP contribution in [0, 0.1) is 29.1 Å². The number of hydrogen-bond acceptors (Lipinski definition) is 2. The van der Waals surface area contributed by atoms with E-state index in [1.807, 2.05) is 12.1 Å². The van der Waals surface area contributed by atoms with Crippen LogP contribution in [0.15, 0.2) is 48.5 Å². The lowest BCUT2D eigenvalue weighted by Crippen LogP contribution is -2.46. The van der Waals surface area contributed by atoms with E-state index in [1.54, 1.807) is 0 Å². The summed E-state index contributed by atoms with van der Waals surface area (Å²) in [5.74, 6) is 3.32. The third-order valence-corrected chi connectivity index (χ3v) is 8.67. The average molecular weight is 391 g/mol.